The van der Waals surface area contributed by atoms with Crippen LogP contribution in [0, 0.1) is 0 Å². The molecule has 2 saturated heterocycles. The minimum Gasteiger partial charge on any atom is -0.454 e. The third kappa shape index (κ3) is 4.36. The summed E-state index contributed by atoms with van der Waals surface area (Å²) in [5.74, 6) is -1.50. The molecule has 0 aromatic carbocycles. The molecule has 2 aromatic rings. The van der Waals surface area contributed by atoms with Gasteiger partial charge in [-0.3, -0.25) is 9.48 Å². The number of hydrogen-bond acceptors (Lipinski definition) is 6. The monoisotopic (exact) mass is 483 g/mol. The summed E-state index contributed by atoms with van der Waals surface area (Å²) in [6.45, 7) is 6.30. The minimum atomic E-state index is -4.80. The zero-order valence-corrected chi connectivity index (χ0v) is 19.2. The maximum absolute atomic E-state index is 14.3. The molecule has 8 nitrogen and oxygen atoms in total. The zero-order chi connectivity index (χ0) is 24.1. The number of carbonyl (C=O) groups is 1. The normalized spacial score (nSPS) is 24.0. The van der Waals surface area contributed by atoms with Crippen LogP contribution in [0.15, 0.2) is 10.6 Å². The molecule has 11 heteroatoms. The average molecular weight is 483 g/mol. The van der Waals surface area contributed by atoms with Crippen molar-refractivity contribution in [3.63, 3.8) is 0 Å². The summed E-state index contributed by atoms with van der Waals surface area (Å²) < 4.78 is 66.7. The molecule has 1 amide bonds. The summed E-state index contributed by atoms with van der Waals surface area (Å²) >= 11 is 0. The van der Waals surface area contributed by atoms with Gasteiger partial charge >= 0.3 is 6.18 Å². The number of nitrogens with zero attached hydrogens (tertiary/aromatic N) is 2. The van der Waals surface area contributed by atoms with Crippen LogP contribution in [0.1, 0.15) is 54.1 Å². The highest BCUT2D eigenvalue weighted by atomic mass is 19.4. The molecule has 3 aliphatic rings. The van der Waals surface area contributed by atoms with Crippen LogP contribution in [-0.2, 0) is 38.8 Å². The van der Waals surface area contributed by atoms with Crippen LogP contribution in [0.4, 0.5) is 13.2 Å². The molecule has 4 heterocycles. The van der Waals surface area contributed by atoms with E-state index in [0.29, 0.717) is 38.5 Å². The van der Waals surface area contributed by atoms with E-state index < -0.39 is 28.8 Å². The van der Waals surface area contributed by atoms with Crippen molar-refractivity contribution in [1.29, 1.82) is 0 Å². The predicted molar refractivity (Wildman–Crippen MR) is 114 cm³/mol. The van der Waals surface area contributed by atoms with Gasteiger partial charge in [0, 0.05) is 36.7 Å². The fourth-order valence-electron chi connectivity index (χ4n) is 4.92. The summed E-state index contributed by atoms with van der Waals surface area (Å²) in [6.07, 6.45) is -1.63. The highest BCUT2D eigenvalue weighted by Gasteiger charge is 2.48. The fraction of sp³-hybridized carbons (Fsp3) is 0.652. The summed E-state index contributed by atoms with van der Waals surface area (Å²) in [5.41, 5.74) is -0.891. The molecule has 0 spiro atoms. The van der Waals surface area contributed by atoms with Gasteiger partial charge in [0.15, 0.2) is 0 Å². The van der Waals surface area contributed by atoms with Gasteiger partial charge in [-0.1, -0.05) is 13.8 Å². The van der Waals surface area contributed by atoms with Crippen LogP contribution < -0.4 is 5.32 Å². The van der Waals surface area contributed by atoms with E-state index in [-0.39, 0.29) is 42.2 Å². The molecule has 5 rings (SSSR count). The topological polar surface area (TPSA) is 87.8 Å². The Labute approximate surface area is 194 Å². The van der Waals surface area contributed by atoms with Crippen LogP contribution >= 0.6 is 0 Å². The number of aromatic nitrogens is 2. The number of fused-ring (bicyclic) bond motifs is 3. The van der Waals surface area contributed by atoms with Crippen molar-refractivity contribution in [2.24, 2.45) is 0 Å². The van der Waals surface area contributed by atoms with E-state index >= 15 is 0 Å². The zero-order valence-electron chi connectivity index (χ0n) is 19.2. The maximum atomic E-state index is 14.3. The number of ether oxygens (including phenoxy) is 3. The lowest BCUT2D eigenvalue weighted by atomic mass is 9.74. The highest BCUT2D eigenvalue weighted by Crippen LogP contribution is 2.50. The predicted octanol–water partition coefficient (Wildman–Crippen LogP) is 3.32. The molecular weight excluding hydrogens is 455 g/mol. The third-order valence-electron chi connectivity index (χ3n) is 6.59. The van der Waals surface area contributed by atoms with E-state index in [2.05, 4.69) is 10.4 Å². The van der Waals surface area contributed by atoms with Crippen molar-refractivity contribution in [3.05, 3.63) is 28.8 Å². The summed E-state index contributed by atoms with van der Waals surface area (Å²) in [4.78, 5) is 12.8. The van der Waals surface area contributed by atoms with E-state index in [0.717, 1.165) is 12.8 Å². The van der Waals surface area contributed by atoms with E-state index in [4.69, 9.17) is 18.6 Å². The summed E-state index contributed by atoms with van der Waals surface area (Å²) in [5, 5.41) is 7.06. The lowest BCUT2D eigenvalue weighted by Gasteiger charge is -2.28. The van der Waals surface area contributed by atoms with Gasteiger partial charge in [-0.25, -0.2) is 0 Å². The van der Waals surface area contributed by atoms with Gasteiger partial charge in [0.25, 0.3) is 5.91 Å². The first-order valence-corrected chi connectivity index (χ1v) is 11.5. The van der Waals surface area contributed by atoms with Crippen molar-refractivity contribution in [3.8, 4) is 11.3 Å². The first-order valence-electron chi connectivity index (χ1n) is 11.5. The SMILES string of the molecule is CC1(C)Cc2oc(C(=O)NC[C@@H]3CCCO3)c(C(F)(F)F)c2-c2nn(C[C@H]3COCCO3)cc21. The van der Waals surface area contributed by atoms with E-state index in [9.17, 15) is 18.0 Å². The molecule has 0 unspecified atom stereocenters. The van der Waals surface area contributed by atoms with Gasteiger partial charge in [-0.05, 0) is 12.8 Å². The van der Waals surface area contributed by atoms with Crippen LogP contribution in [0.3, 0.4) is 0 Å². The Bertz CT molecular complexity index is 1060. The lowest BCUT2D eigenvalue weighted by Crippen LogP contribution is -2.32. The number of furan rings is 1. The molecule has 2 fully saturated rings. The van der Waals surface area contributed by atoms with Crippen molar-refractivity contribution in [2.45, 2.75) is 63.5 Å². The number of hydrogen-bond donors (Lipinski definition) is 1. The second kappa shape index (κ2) is 8.69. The van der Waals surface area contributed by atoms with Gasteiger partial charge in [-0.15, -0.1) is 0 Å². The lowest BCUT2D eigenvalue weighted by molar-refractivity contribution is -0.137. The van der Waals surface area contributed by atoms with Gasteiger partial charge in [0.1, 0.15) is 23.1 Å². The Hall–Kier alpha value is -2.37. The van der Waals surface area contributed by atoms with Crippen LogP contribution in [0.25, 0.3) is 11.3 Å². The Balaban J connectivity index is 1.51. The molecule has 2 aliphatic heterocycles. The minimum absolute atomic E-state index is 0.120. The average Bonchev–Trinajstić information content (AvgIpc) is 3.50. The van der Waals surface area contributed by atoms with Crippen molar-refractivity contribution < 1.29 is 36.6 Å². The number of rotatable bonds is 5. The van der Waals surface area contributed by atoms with Gasteiger partial charge in [0.05, 0.1) is 38.0 Å². The van der Waals surface area contributed by atoms with Crippen molar-refractivity contribution in [1.82, 2.24) is 15.1 Å². The molecule has 2 aromatic heterocycles. The highest BCUT2D eigenvalue weighted by molar-refractivity contribution is 5.96. The first-order chi connectivity index (χ1) is 16.1. The third-order valence-corrected chi connectivity index (χ3v) is 6.59. The fourth-order valence-corrected chi connectivity index (χ4v) is 4.92. The molecule has 2 atom stereocenters. The second-order valence-corrected chi connectivity index (χ2v) is 9.69. The maximum Gasteiger partial charge on any atom is 0.420 e. The van der Waals surface area contributed by atoms with Crippen molar-refractivity contribution >= 4 is 5.91 Å². The summed E-state index contributed by atoms with van der Waals surface area (Å²) in [6, 6.07) is 0. The standard InChI is InChI=1S/C23H28F3N3O5/c1-22(2)8-16-17(19-15(22)11-29(28-19)10-14-12-31-6-7-33-14)18(23(24,25)26)20(34-16)21(30)27-9-13-4-3-5-32-13/h11,13-14H,3-10,12H2,1-2H3,(H,27,30)/t13-,14-/m0/s1. The number of halogens is 3. The number of amides is 1. The first kappa shape index (κ1) is 23.4. The molecule has 186 valence electrons. The Morgan fingerprint density at radius 2 is 2.03 bits per heavy atom. The van der Waals surface area contributed by atoms with Crippen molar-refractivity contribution in [2.75, 3.05) is 33.0 Å². The Morgan fingerprint density at radius 3 is 2.71 bits per heavy atom. The van der Waals surface area contributed by atoms with Crippen LogP contribution in [0.2, 0.25) is 0 Å². The quantitative estimate of drug-likeness (QED) is 0.702. The Morgan fingerprint density at radius 1 is 1.24 bits per heavy atom. The molecule has 1 N–H and O–H groups in total. The number of carbonyl (C=O) groups excluding carboxylic acids is 1. The Kier molecular flexibility index (Phi) is 5.97. The summed E-state index contributed by atoms with van der Waals surface area (Å²) in [7, 11) is 0. The largest absolute Gasteiger partial charge is 0.454 e. The number of nitrogens with one attached hydrogen (secondary N) is 1. The number of alkyl halides is 3. The molecule has 34 heavy (non-hydrogen) atoms. The molecule has 0 radical (unpaired) electrons. The van der Waals surface area contributed by atoms with Gasteiger partial charge in [0.2, 0.25) is 5.76 Å². The molecule has 0 bridgehead atoms. The molecular formula is C23H28F3N3O5. The van der Waals surface area contributed by atoms with Gasteiger partial charge < -0.3 is 23.9 Å². The smallest absolute Gasteiger partial charge is 0.420 e. The van der Waals surface area contributed by atoms with E-state index in [1.807, 2.05) is 13.8 Å². The molecule has 1 aliphatic carbocycles. The van der Waals surface area contributed by atoms with Crippen LogP contribution in [0.5, 0.6) is 0 Å². The van der Waals surface area contributed by atoms with E-state index in [1.54, 1.807) is 10.9 Å². The van der Waals surface area contributed by atoms with Gasteiger partial charge in [-0.2, -0.15) is 18.3 Å². The van der Waals surface area contributed by atoms with E-state index in [1.165, 1.54) is 0 Å². The molecule has 0 saturated carbocycles. The van der Waals surface area contributed by atoms with Crippen LogP contribution in [-0.4, -0.2) is 60.9 Å². The second-order valence-electron chi connectivity index (χ2n) is 9.69.